The van der Waals surface area contributed by atoms with Crippen LogP contribution in [0.5, 0.6) is 0 Å². The Morgan fingerprint density at radius 2 is 1.29 bits per heavy atom. The van der Waals surface area contributed by atoms with E-state index in [-0.39, 0.29) is 12.8 Å². The predicted octanol–water partition coefficient (Wildman–Crippen LogP) is -4.17. The highest BCUT2D eigenvalue weighted by Crippen LogP contribution is 2.05. The Hall–Kier alpha value is -2.81. The molecule has 11 N–H and O–H groups in total. The minimum absolute atomic E-state index is 0.0756. The molecule has 0 radical (unpaired) electrons. The summed E-state index contributed by atoms with van der Waals surface area (Å²) in [5, 5.41) is 42.9. The van der Waals surface area contributed by atoms with Crippen LogP contribution in [0.4, 0.5) is 0 Å². The zero-order chi connectivity index (χ0) is 24.0. The summed E-state index contributed by atoms with van der Waals surface area (Å²) in [5.74, 6) is -5.47. The first kappa shape index (κ1) is 28.2. The number of carbonyl (C=O) groups excluding carboxylic acids is 3. The molecule has 31 heavy (non-hydrogen) atoms. The van der Waals surface area contributed by atoms with Gasteiger partial charge in [-0.2, -0.15) is 0 Å². The maximum Gasteiger partial charge on any atom is 0.326 e. The number of nitrogens with two attached hydrogens (primary N) is 2. The smallest absolute Gasteiger partial charge is 0.326 e. The molecular formula is C17H31N5O9. The van der Waals surface area contributed by atoms with E-state index in [2.05, 4.69) is 16.0 Å². The fourth-order valence-corrected chi connectivity index (χ4v) is 2.39. The number of aliphatic hydroxyl groups excluding tert-OH is 2. The minimum atomic E-state index is -1.54. The molecule has 0 aromatic carbocycles. The molecule has 0 aromatic heterocycles. The fourth-order valence-electron chi connectivity index (χ4n) is 2.39. The van der Waals surface area contributed by atoms with Crippen LogP contribution < -0.4 is 27.4 Å². The van der Waals surface area contributed by atoms with Gasteiger partial charge in [0, 0.05) is 6.42 Å². The van der Waals surface area contributed by atoms with Crippen molar-refractivity contribution in [3.63, 3.8) is 0 Å². The number of carboxylic acid groups (broad SMARTS) is 2. The molecule has 3 amide bonds. The van der Waals surface area contributed by atoms with Gasteiger partial charge in [-0.05, 0) is 32.2 Å². The van der Waals surface area contributed by atoms with Crippen molar-refractivity contribution in [1.29, 1.82) is 0 Å². The fraction of sp³-hybridized carbons (Fsp3) is 0.706. The highest BCUT2D eigenvalue weighted by molar-refractivity contribution is 5.94. The van der Waals surface area contributed by atoms with Crippen LogP contribution in [0, 0.1) is 0 Å². The molecule has 14 nitrogen and oxygen atoms in total. The molecule has 0 aliphatic heterocycles. The summed E-state index contributed by atoms with van der Waals surface area (Å²) < 4.78 is 0. The first-order chi connectivity index (χ1) is 14.6. The van der Waals surface area contributed by atoms with Crippen LogP contribution in [0.3, 0.4) is 0 Å². The zero-order valence-corrected chi connectivity index (χ0v) is 17.0. The normalized spacial score (nSPS) is 14.6. The molecule has 0 fully saturated rings. The topological polar surface area (TPSA) is 254 Å². The van der Waals surface area contributed by atoms with E-state index in [9.17, 15) is 34.2 Å². The average Bonchev–Trinajstić information content (AvgIpc) is 2.72. The summed E-state index contributed by atoms with van der Waals surface area (Å²) in [4.78, 5) is 58.8. The molecule has 0 spiro atoms. The highest BCUT2D eigenvalue weighted by atomic mass is 16.4. The lowest BCUT2D eigenvalue weighted by Crippen LogP contribution is -2.58. The SMILES string of the molecule is NCCCCC(NC(=O)C(CCC(=O)O)NC(=O)C(CO)NC(=O)C(N)CO)C(=O)O. The van der Waals surface area contributed by atoms with Crippen LogP contribution in [-0.4, -0.2) is 94.0 Å². The quantitative estimate of drug-likeness (QED) is 0.102. The van der Waals surface area contributed by atoms with Crippen LogP contribution in [0.1, 0.15) is 32.1 Å². The van der Waals surface area contributed by atoms with Crippen molar-refractivity contribution in [3.05, 3.63) is 0 Å². The molecule has 0 aliphatic rings. The van der Waals surface area contributed by atoms with Crippen LogP contribution in [0.15, 0.2) is 0 Å². The molecule has 4 unspecified atom stereocenters. The van der Waals surface area contributed by atoms with Crippen molar-refractivity contribution in [2.75, 3.05) is 19.8 Å². The number of hydrogen-bond donors (Lipinski definition) is 9. The van der Waals surface area contributed by atoms with Gasteiger partial charge in [0.05, 0.1) is 13.2 Å². The van der Waals surface area contributed by atoms with Gasteiger partial charge in [0.2, 0.25) is 17.7 Å². The van der Waals surface area contributed by atoms with E-state index in [4.69, 9.17) is 21.7 Å². The summed E-state index contributed by atoms with van der Waals surface area (Å²) in [7, 11) is 0. The van der Waals surface area contributed by atoms with Gasteiger partial charge in [0.15, 0.2) is 0 Å². The van der Waals surface area contributed by atoms with Crippen molar-refractivity contribution >= 4 is 29.7 Å². The summed E-state index contributed by atoms with van der Waals surface area (Å²) in [6.45, 7) is -1.25. The van der Waals surface area contributed by atoms with Crippen LogP contribution in [0.25, 0.3) is 0 Å². The second kappa shape index (κ2) is 15.1. The van der Waals surface area contributed by atoms with E-state index in [0.29, 0.717) is 19.4 Å². The summed E-state index contributed by atoms with van der Waals surface area (Å²) in [6, 6.07) is -5.61. The van der Waals surface area contributed by atoms with Crippen molar-refractivity contribution < 1.29 is 44.4 Å². The monoisotopic (exact) mass is 449 g/mol. The zero-order valence-electron chi connectivity index (χ0n) is 17.0. The number of carbonyl (C=O) groups is 5. The number of rotatable bonds is 16. The molecule has 0 saturated heterocycles. The third-order valence-electron chi connectivity index (χ3n) is 4.19. The first-order valence-corrected chi connectivity index (χ1v) is 9.60. The number of unbranched alkanes of at least 4 members (excludes halogenated alkanes) is 1. The molecule has 4 atom stereocenters. The van der Waals surface area contributed by atoms with Crippen LogP contribution in [0.2, 0.25) is 0 Å². The van der Waals surface area contributed by atoms with Crippen molar-refractivity contribution in [2.45, 2.75) is 56.3 Å². The Labute approximate surface area is 178 Å². The van der Waals surface area contributed by atoms with Gasteiger partial charge in [-0.3, -0.25) is 19.2 Å². The summed E-state index contributed by atoms with van der Waals surface area (Å²) >= 11 is 0. The Morgan fingerprint density at radius 1 is 0.742 bits per heavy atom. The largest absolute Gasteiger partial charge is 0.481 e. The summed E-state index contributed by atoms with van der Waals surface area (Å²) in [6.07, 6.45) is 0.141. The second-order valence-electron chi connectivity index (χ2n) is 6.71. The highest BCUT2D eigenvalue weighted by Gasteiger charge is 2.30. The second-order valence-corrected chi connectivity index (χ2v) is 6.71. The maximum atomic E-state index is 12.5. The van der Waals surface area contributed by atoms with Crippen molar-refractivity contribution in [1.82, 2.24) is 16.0 Å². The molecule has 0 bridgehead atoms. The van der Waals surface area contributed by atoms with E-state index in [1.54, 1.807) is 0 Å². The molecule has 0 aliphatic carbocycles. The number of amides is 3. The van der Waals surface area contributed by atoms with Gasteiger partial charge < -0.3 is 47.8 Å². The minimum Gasteiger partial charge on any atom is -0.481 e. The van der Waals surface area contributed by atoms with Gasteiger partial charge >= 0.3 is 11.9 Å². The molecule has 0 heterocycles. The van der Waals surface area contributed by atoms with Gasteiger partial charge in [0.1, 0.15) is 24.2 Å². The van der Waals surface area contributed by atoms with Crippen molar-refractivity contribution in [2.24, 2.45) is 11.5 Å². The number of aliphatic hydroxyl groups is 2. The lowest BCUT2D eigenvalue weighted by molar-refractivity contribution is -0.143. The van der Waals surface area contributed by atoms with Gasteiger partial charge in [-0.1, -0.05) is 0 Å². The Morgan fingerprint density at radius 3 is 1.77 bits per heavy atom. The van der Waals surface area contributed by atoms with E-state index in [1.165, 1.54) is 0 Å². The van der Waals surface area contributed by atoms with Crippen LogP contribution in [-0.2, 0) is 24.0 Å². The lowest BCUT2D eigenvalue weighted by atomic mass is 10.1. The molecule has 14 heteroatoms. The maximum absolute atomic E-state index is 12.5. The van der Waals surface area contributed by atoms with Crippen LogP contribution >= 0.6 is 0 Å². The van der Waals surface area contributed by atoms with E-state index in [0.717, 1.165) is 0 Å². The number of nitrogens with one attached hydrogen (secondary N) is 3. The third-order valence-corrected chi connectivity index (χ3v) is 4.19. The van der Waals surface area contributed by atoms with Gasteiger partial charge in [-0.25, -0.2) is 4.79 Å². The molecule has 0 rings (SSSR count). The number of carboxylic acids is 2. The number of hydrogen-bond acceptors (Lipinski definition) is 9. The third kappa shape index (κ3) is 11.2. The van der Waals surface area contributed by atoms with Crippen molar-refractivity contribution in [3.8, 4) is 0 Å². The standard InChI is InChI=1S/C17H31N5O9/c18-6-2-1-3-11(17(30)31)21-15(28)10(4-5-13(25)26)20-16(29)12(8-24)22-14(27)9(19)7-23/h9-12,23-24H,1-8,18-19H2,(H,20,29)(H,21,28)(H,22,27)(H,25,26)(H,30,31). The molecule has 0 saturated carbocycles. The molecule has 178 valence electrons. The summed E-state index contributed by atoms with van der Waals surface area (Å²) in [5.41, 5.74) is 10.7. The first-order valence-electron chi connectivity index (χ1n) is 9.60. The average molecular weight is 449 g/mol. The van der Waals surface area contributed by atoms with E-state index >= 15 is 0 Å². The lowest BCUT2D eigenvalue weighted by Gasteiger charge is -2.24. The molecular weight excluding hydrogens is 418 g/mol. The Bertz CT molecular complexity index is 631. The Balaban J connectivity index is 5.26. The Kier molecular flexibility index (Phi) is 13.7. The van der Waals surface area contributed by atoms with E-state index < -0.39 is 73.5 Å². The van der Waals surface area contributed by atoms with Gasteiger partial charge in [-0.15, -0.1) is 0 Å². The number of aliphatic carboxylic acids is 2. The van der Waals surface area contributed by atoms with E-state index in [1.807, 2.05) is 0 Å². The molecule has 0 aromatic rings. The van der Waals surface area contributed by atoms with Gasteiger partial charge in [0.25, 0.3) is 0 Å². The predicted molar refractivity (Wildman–Crippen MR) is 105 cm³/mol.